The smallest absolute Gasteiger partial charge is 0.244 e. The fourth-order valence-corrected chi connectivity index (χ4v) is 5.69. The number of benzene rings is 2. The maximum atomic E-state index is 14.9. The third-order valence-corrected chi connectivity index (χ3v) is 8.09. The first-order valence-corrected chi connectivity index (χ1v) is 13.6. The predicted molar refractivity (Wildman–Crippen MR) is 131 cm³/mol. The first-order chi connectivity index (χ1) is 16.3. The lowest BCUT2D eigenvalue weighted by molar-refractivity contribution is 0.192. The Bertz CT molecular complexity index is 1200. The fourth-order valence-electron chi connectivity index (χ4n) is 5.05. The molecule has 3 aromatic rings. The summed E-state index contributed by atoms with van der Waals surface area (Å²) in [6.07, 6.45) is 7.81. The number of aromatic nitrogens is 2. The first-order valence-electron chi connectivity index (χ1n) is 11.6. The molecule has 34 heavy (non-hydrogen) atoms. The van der Waals surface area contributed by atoms with E-state index in [-0.39, 0.29) is 11.9 Å². The second-order valence-corrected chi connectivity index (χ2v) is 11.4. The molecule has 4 atom stereocenters. The van der Waals surface area contributed by atoms with Gasteiger partial charge in [0.15, 0.2) is 16.5 Å². The number of anilines is 1. The van der Waals surface area contributed by atoms with Gasteiger partial charge in [0.05, 0.1) is 6.10 Å². The monoisotopic (exact) mass is 482 g/mol. The van der Waals surface area contributed by atoms with Gasteiger partial charge < -0.3 is 9.64 Å². The van der Waals surface area contributed by atoms with E-state index >= 15 is 0 Å². The van der Waals surface area contributed by atoms with Crippen LogP contribution in [0.3, 0.4) is 0 Å². The minimum atomic E-state index is -3.01. The first kappa shape index (κ1) is 22.9. The molecule has 1 aliphatic heterocycles. The summed E-state index contributed by atoms with van der Waals surface area (Å²) in [5, 5.41) is 0. The maximum Gasteiger partial charge on any atom is 0.244 e. The molecule has 3 unspecified atom stereocenters. The molecule has 0 bridgehead atoms. The maximum absolute atomic E-state index is 14.9. The molecule has 1 saturated carbocycles. The van der Waals surface area contributed by atoms with Gasteiger partial charge in [0.1, 0.15) is 6.26 Å². The van der Waals surface area contributed by atoms with Crippen molar-refractivity contribution in [3.63, 3.8) is 0 Å². The standard InChI is InChI=1S/C26H28FN3O3S/c1-3-17-13-28-26(29-14-17)30-15-20-10-22(11-21(20)16-30)33-25-9-6-19(12-24(25)27)18-4-7-23(8-5-18)34(2,31)32/h4-9,12-14,20-22H,3,10-11,15-16H2,1-2H3/p+1/t20-,21?,22?/m0/s1. The van der Waals surface area contributed by atoms with Crippen molar-refractivity contribution in [3.05, 3.63) is 66.2 Å². The van der Waals surface area contributed by atoms with Crippen LogP contribution in [0.2, 0.25) is 0 Å². The third kappa shape index (κ3) is 4.70. The fraction of sp³-hybridized carbons (Fsp3) is 0.385. The normalized spacial score (nSPS) is 23.5. The number of hydrogen-bond acceptors (Lipinski definition) is 5. The lowest BCUT2D eigenvalue weighted by atomic mass is 10.0. The van der Waals surface area contributed by atoms with Crippen LogP contribution in [0, 0.1) is 17.7 Å². The highest BCUT2D eigenvalue weighted by molar-refractivity contribution is 7.97. The van der Waals surface area contributed by atoms with E-state index in [0.717, 1.165) is 49.4 Å². The Kier molecular flexibility index (Phi) is 6.12. The number of rotatable bonds is 6. The molecule has 1 saturated heterocycles. The van der Waals surface area contributed by atoms with Gasteiger partial charge in [-0.1, -0.05) is 17.2 Å². The lowest BCUT2D eigenvalue weighted by Gasteiger charge is -2.20. The van der Waals surface area contributed by atoms with Gasteiger partial charge in [-0.3, -0.25) is 0 Å². The molecule has 8 heteroatoms. The largest absolute Gasteiger partial charge is 0.487 e. The number of nitrogens with zero attached hydrogens (tertiary/aromatic N) is 3. The minimum absolute atomic E-state index is 0.00225. The van der Waals surface area contributed by atoms with E-state index in [9.17, 15) is 13.2 Å². The summed E-state index contributed by atoms with van der Waals surface area (Å²) < 4.78 is 42.3. The summed E-state index contributed by atoms with van der Waals surface area (Å²) in [6.45, 7) is 3.91. The summed E-state index contributed by atoms with van der Waals surface area (Å²) >= 11 is 0. The second-order valence-electron chi connectivity index (χ2n) is 9.35. The Morgan fingerprint density at radius 3 is 2.24 bits per heavy atom. The number of ether oxygens (including phenoxy) is 1. The molecule has 1 aliphatic carbocycles. The molecular formula is C26H29FN3O3S+. The SMILES string of the molecule is CCc1cnc(N2CC3CC(Oc4ccc(-c5ccc([S+](C)(=O)O)cc5)cc4F)C[C@H]3C2)nc1. The van der Waals surface area contributed by atoms with E-state index < -0.39 is 16.0 Å². The zero-order chi connectivity index (χ0) is 23.9. The van der Waals surface area contributed by atoms with Gasteiger partial charge in [0.2, 0.25) is 16.2 Å². The molecule has 178 valence electrons. The van der Waals surface area contributed by atoms with Crippen LogP contribution in [0.4, 0.5) is 10.3 Å². The molecule has 1 N–H and O–H groups in total. The van der Waals surface area contributed by atoms with E-state index in [0.29, 0.717) is 22.3 Å². The van der Waals surface area contributed by atoms with E-state index in [2.05, 4.69) is 21.8 Å². The molecule has 0 amide bonds. The van der Waals surface area contributed by atoms with Gasteiger partial charge in [-0.2, -0.15) is 4.55 Å². The minimum Gasteiger partial charge on any atom is -0.487 e. The van der Waals surface area contributed by atoms with Crippen LogP contribution in [0.25, 0.3) is 11.1 Å². The Morgan fingerprint density at radius 2 is 1.68 bits per heavy atom. The van der Waals surface area contributed by atoms with E-state index in [1.165, 1.54) is 12.3 Å². The molecule has 2 aromatic carbocycles. The van der Waals surface area contributed by atoms with Crippen molar-refractivity contribution < 1.29 is 17.9 Å². The molecule has 1 aromatic heterocycles. The van der Waals surface area contributed by atoms with Crippen molar-refractivity contribution in [2.45, 2.75) is 37.2 Å². The molecule has 0 spiro atoms. The quantitative estimate of drug-likeness (QED) is 0.493. The van der Waals surface area contributed by atoms with Crippen LogP contribution < -0.4 is 9.64 Å². The number of hydrogen-bond donors (Lipinski definition) is 1. The lowest BCUT2D eigenvalue weighted by Crippen LogP contribution is -2.25. The molecular weight excluding hydrogens is 453 g/mol. The summed E-state index contributed by atoms with van der Waals surface area (Å²) in [4.78, 5) is 11.6. The van der Waals surface area contributed by atoms with Crippen LogP contribution in [0.1, 0.15) is 25.3 Å². The Labute approximate surface area is 200 Å². The highest BCUT2D eigenvalue weighted by Gasteiger charge is 2.42. The molecule has 2 heterocycles. The van der Waals surface area contributed by atoms with Crippen molar-refractivity contribution in [2.24, 2.45) is 11.8 Å². The molecule has 0 radical (unpaired) electrons. The number of halogens is 1. The highest BCUT2D eigenvalue weighted by Crippen LogP contribution is 2.41. The molecule has 6 nitrogen and oxygen atoms in total. The zero-order valence-electron chi connectivity index (χ0n) is 19.4. The third-order valence-electron chi connectivity index (χ3n) is 6.94. The van der Waals surface area contributed by atoms with Crippen LogP contribution >= 0.6 is 0 Å². The van der Waals surface area contributed by atoms with Crippen molar-refractivity contribution in [1.82, 2.24) is 9.97 Å². The molecule has 5 rings (SSSR count). The number of aryl methyl sites for hydroxylation is 1. The number of fused-ring (bicyclic) bond motifs is 1. The predicted octanol–water partition coefficient (Wildman–Crippen LogP) is 5.10. The van der Waals surface area contributed by atoms with Crippen molar-refractivity contribution in [1.29, 1.82) is 0 Å². The van der Waals surface area contributed by atoms with Crippen molar-refractivity contribution in [2.75, 3.05) is 24.2 Å². The van der Waals surface area contributed by atoms with Gasteiger partial charge >= 0.3 is 0 Å². The van der Waals surface area contributed by atoms with Crippen LogP contribution in [0.15, 0.2) is 59.8 Å². The van der Waals surface area contributed by atoms with E-state index in [4.69, 9.17) is 4.74 Å². The van der Waals surface area contributed by atoms with Crippen molar-refractivity contribution in [3.8, 4) is 16.9 Å². The highest BCUT2D eigenvalue weighted by atomic mass is 32.3. The molecule has 2 fully saturated rings. The van der Waals surface area contributed by atoms with Gasteiger partial charge in [-0.05, 0) is 84.2 Å². The Morgan fingerprint density at radius 1 is 1.06 bits per heavy atom. The summed E-state index contributed by atoms with van der Waals surface area (Å²) in [7, 11) is -3.01. The van der Waals surface area contributed by atoms with Gasteiger partial charge in [-0.25, -0.2) is 14.4 Å². The van der Waals surface area contributed by atoms with E-state index in [1.807, 2.05) is 18.5 Å². The Balaban J connectivity index is 1.20. The van der Waals surface area contributed by atoms with Crippen LogP contribution in [-0.4, -0.2) is 40.0 Å². The summed E-state index contributed by atoms with van der Waals surface area (Å²) in [6, 6.07) is 11.6. The summed E-state index contributed by atoms with van der Waals surface area (Å²) in [5.74, 6) is 1.67. The van der Waals surface area contributed by atoms with Crippen LogP contribution in [-0.2, 0) is 20.8 Å². The van der Waals surface area contributed by atoms with Crippen molar-refractivity contribution >= 4 is 16.2 Å². The topological polar surface area (TPSA) is 75.6 Å². The average molecular weight is 483 g/mol. The Hall–Kier alpha value is -2.84. The van der Waals surface area contributed by atoms with Crippen LogP contribution in [0.5, 0.6) is 5.75 Å². The second kappa shape index (κ2) is 9.07. The van der Waals surface area contributed by atoms with Gasteiger partial charge in [0.25, 0.3) is 0 Å². The molecule has 2 aliphatic rings. The average Bonchev–Trinajstić information content (AvgIpc) is 3.39. The summed E-state index contributed by atoms with van der Waals surface area (Å²) in [5.41, 5.74) is 2.62. The van der Waals surface area contributed by atoms with E-state index in [1.54, 1.807) is 30.3 Å². The zero-order valence-corrected chi connectivity index (χ0v) is 20.2. The van der Waals surface area contributed by atoms with Gasteiger partial charge in [-0.15, -0.1) is 0 Å². The van der Waals surface area contributed by atoms with Gasteiger partial charge in [0, 0.05) is 25.5 Å².